The molecule has 1 aliphatic rings. The van der Waals surface area contributed by atoms with Crippen molar-refractivity contribution < 1.29 is 0 Å². The summed E-state index contributed by atoms with van der Waals surface area (Å²) < 4.78 is 0. The lowest BCUT2D eigenvalue weighted by molar-refractivity contribution is 0.249. The predicted octanol–water partition coefficient (Wildman–Crippen LogP) is 4.47. The summed E-state index contributed by atoms with van der Waals surface area (Å²) in [4.78, 5) is 14.3. The second-order valence-corrected chi connectivity index (χ2v) is 7.88. The zero-order chi connectivity index (χ0) is 20.2. The van der Waals surface area contributed by atoms with Gasteiger partial charge in [-0.05, 0) is 38.0 Å². The lowest BCUT2D eigenvalue weighted by Crippen LogP contribution is -2.46. The summed E-state index contributed by atoms with van der Waals surface area (Å²) >= 11 is 0. The Hall–Kier alpha value is -2.92. The molecule has 1 aliphatic heterocycles. The van der Waals surface area contributed by atoms with Crippen molar-refractivity contribution in [2.24, 2.45) is 0 Å². The third-order valence-corrected chi connectivity index (χ3v) is 5.41. The van der Waals surface area contributed by atoms with E-state index in [2.05, 4.69) is 88.5 Å². The van der Waals surface area contributed by atoms with Crippen LogP contribution in [0.1, 0.15) is 22.4 Å². The van der Waals surface area contributed by atoms with E-state index >= 15 is 0 Å². The van der Waals surface area contributed by atoms with Crippen LogP contribution < -0.4 is 10.2 Å². The van der Waals surface area contributed by atoms with Gasteiger partial charge in [0.15, 0.2) is 0 Å². The first-order chi connectivity index (χ1) is 14.1. The fraction of sp³-hybridized carbons (Fsp3) is 0.333. The summed E-state index contributed by atoms with van der Waals surface area (Å²) in [7, 11) is 0. The molecular weight excluding hydrogens is 358 g/mol. The van der Waals surface area contributed by atoms with E-state index in [9.17, 15) is 0 Å². The molecule has 1 aromatic heterocycles. The molecule has 0 radical (unpaired) electrons. The zero-order valence-electron chi connectivity index (χ0n) is 17.5. The molecule has 5 heteroatoms. The van der Waals surface area contributed by atoms with E-state index in [1.54, 1.807) is 0 Å². The minimum atomic E-state index is 0.665. The number of nitrogens with one attached hydrogen (secondary N) is 1. The maximum Gasteiger partial charge on any atom is 0.229 e. The average Bonchev–Trinajstić information content (AvgIpc) is 2.71. The van der Waals surface area contributed by atoms with E-state index < -0.39 is 0 Å². The van der Waals surface area contributed by atoms with Crippen molar-refractivity contribution in [3.63, 3.8) is 0 Å². The molecule has 150 valence electrons. The lowest BCUT2D eigenvalue weighted by atomic mass is 10.1. The van der Waals surface area contributed by atoms with Gasteiger partial charge in [0.1, 0.15) is 5.82 Å². The fourth-order valence-electron chi connectivity index (χ4n) is 3.82. The number of hydrogen-bond acceptors (Lipinski definition) is 5. The molecule has 1 N–H and O–H groups in total. The first kappa shape index (κ1) is 19.4. The second kappa shape index (κ2) is 8.62. The van der Waals surface area contributed by atoms with Crippen LogP contribution in [-0.2, 0) is 6.54 Å². The maximum atomic E-state index is 4.81. The van der Waals surface area contributed by atoms with E-state index in [0.717, 1.165) is 49.9 Å². The van der Waals surface area contributed by atoms with Crippen LogP contribution in [-0.4, -0.2) is 41.0 Å². The molecule has 1 saturated heterocycles. The van der Waals surface area contributed by atoms with Crippen molar-refractivity contribution >= 4 is 17.5 Å². The Kier molecular flexibility index (Phi) is 5.76. The Morgan fingerprint density at radius 2 is 1.62 bits per heavy atom. The van der Waals surface area contributed by atoms with Crippen molar-refractivity contribution in [1.82, 2.24) is 14.9 Å². The molecule has 0 amide bonds. The number of aromatic nitrogens is 2. The minimum absolute atomic E-state index is 0.665. The Morgan fingerprint density at radius 1 is 0.862 bits per heavy atom. The lowest BCUT2D eigenvalue weighted by Gasteiger charge is -2.35. The highest BCUT2D eigenvalue weighted by Gasteiger charge is 2.19. The topological polar surface area (TPSA) is 44.3 Å². The highest BCUT2D eigenvalue weighted by Crippen LogP contribution is 2.22. The van der Waals surface area contributed by atoms with Crippen LogP contribution in [0.3, 0.4) is 0 Å². The van der Waals surface area contributed by atoms with Gasteiger partial charge < -0.3 is 10.2 Å². The van der Waals surface area contributed by atoms with Gasteiger partial charge >= 0.3 is 0 Å². The van der Waals surface area contributed by atoms with E-state index in [1.807, 2.05) is 6.92 Å². The number of nitrogens with zero attached hydrogens (tertiary/aromatic N) is 4. The molecule has 1 fully saturated rings. The third kappa shape index (κ3) is 4.93. The molecule has 3 aromatic rings. The standard InChI is InChI=1S/C24H29N5/c1-18-9-10-22(19(2)15-18)26-24-25-20(3)16-23(27-24)29-13-11-28(12-14-29)17-21-7-5-4-6-8-21/h4-10,15-16H,11-14,17H2,1-3H3,(H,25,26,27). The van der Waals surface area contributed by atoms with Crippen molar-refractivity contribution in [2.45, 2.75) is 27.3 Å². The molecule has 5 nitrogen and oxygen atoms in total. The van der Waals surface area contributed by atoms with Crippen LogP contribution in [0.25, 0.3) is 0 Å². The molecule has 4 rings (SSSR count). The normalized spacial score (nSPS) is 14.8. The van der Waals surface area contributed by atoms with E-state index in [-0.39, 0.29) is 0 Å². The Morgan fingerprint density at radius 3 is 2.34 bits per heavy atom. The van der Waals surface area contributed by atoms with Crippen molar-refractivity contribution in [3.8, 4) is 0 Å². The molecule has 0 atom stereocenters. The molecule has 0 aliphatic carbocycles. The number of rotatable bonds is 5. The molecule has 2 aromatic carbocycles. The summed E-state index contributed by atoms with van der Waals surface area (Å²) in [6.45, 7) is 11.3. The molecule has 0 saturated carbocycles. The fourth-order valence-corrected chi connectivity index (χ4v) is 3.82. The van der Waals surface area contributed by atoms with Gasteiger partial charge in [0.05, 0.1) is 0 Å². The second-order valence-electron chi connectivity index (χ2n) is 7.88. The summed E-state index contributed by atoms with van der Waals surface area (Å²) in [6, 6.07) is 19.2. The predicted molar refractivity (Wildman–Crippen MR) is 120 cm³/mol. The monoisotopic (exact) mass is 387 g/mol. The van der Waals surface area contributed by atoms with Crippen LogP contribution in [0.4, 0.5) is 17.5 Å². The highest BCUT2D eigenvalue weighted by molar-refractivity contribution is 5.60. The molecule has 0 unspecified atom stereocenters. The van der Waals surface area contributed by atoms with Gasteiger partial charge in [0.25, 0.3) is 0 Å². The first-order valence-corrected chi connectivity index (χ1v) is 10.3. The van der Waals surface area contributed by atoms with Gasteiger partial charge in [0, 0.05) is 50.2 Å². The number of hydrogen-bond donors (Lipinski definition) is 1. The van der Waals surface area contributed by atoms with Crippen molar-refractivity contribution in [1.29, 1.82) is 0 Å². The Balaban J connectivity index is 1.43. The third-order valence-electron chi connectivity index (χ3n) is 5.41. The van der Waals surface area contributed by atoms with Gasteiger partial charge in [-0.25, -0.2) is 4.98 Å². The van der Waals surface area contributed by atoms with Gasteiger partial charge in [0.2, 0.25) is 5.95 Å². The molecule has 0 spiro atoms. The number of anilines is 3. The van der Waals surface area contributed by atoms with Crippen molar-refractivity contribution in [2.75, 3.05) is 36.4 Å². The smallest absolute Gasteiger partial charge is 0.229 e. The van der Waals surface area contributed by atoms with Crippen LogP contribution >= 0.6 is 0 Å². The summed E-state index contributed by atoms with van der Waals surface area (Å²) in [5.74, 6) is 1.67. The number of benzene rings is 2. The Bertz CT molecular complexity index is 962. The van der Waals surface area contributed by atoms with Gasteiger partial charge in [-0.1, -0.05) is 48.0 Å². The average molecular weight is 388 g/mol. The van der Waals surface area contributed by atoms with E-state index in [1.165, 1.54) is 16.7 Å². The van der Waals surface area contributed by atoms with Gasteiger partial charge in [-0.2, -0.15) is 4.98 Å². The SMILES string of the molecule is Cc1ccc(Nc2nc(C)cc(N3CCN(Cc4ccccc4)CC3)n2)c(C)c1. The highest BCUT2D eigenvalue weighted by atomic mass is 15.3. The van der Waals surface area contributed by atoms with Gasteiger partial charge in [-0.15, -0.1) is 0 Å². The van der Waals surface area contributed by atoms with Crippen molar-refractivity contribution in [3.05, 3.63) is 77.0 Å². The molecule has 2 heterocycles. The summed E-state index contributed by atoms with van der Waals surface area (Å²) in [6.07, 6.45) is 0. The van der Waals surface area contributed by atoms with Crippen LogP contribution in [0.15, 0.2) is 54.6 Å². The molecule has 29 heavy (non-hydrogen) atoms. The number of piperazine rings is 1. The van der Waals surface area contributed by atoms with Crippen LogP contribution in [0.2, 0.25) is 0 Å². The van der Waals surface area contributed by atoms with E-state index in [0.29, 0.717) is 5.95 Å². The first-order valence-electron chi connectivity index (χ1n) is 10.3. The minimum Gasteiger partial charge on any atom is -0.354 e. The molecule has 0 bridgehead atoms. The van der Waals surface area contributed by atoms with Crippen LogP contribution in [0, 0.1) is 20.8 Å². The number of aryl methyl sites for hydroxylation is 3. The Labute approximate surface area is 173 Å². The quantitative estimate of drug-likeness (QED) is 0.700. The zero-order valence-corrected chi connectivity index (χ0v) is 17.5. The van der Waals surface area contributed by atoms with Crippen LogP contribution in [0.5, 0.6) is 0 Å². The maximum absolute atomic E-state index is 4.81. The van der Waals surface area contributed by atoms with E-state index in [4.69, 9.17) is 4.98 Å². The largest absolute Gasteiger partial charge is 0.354 e. The molecular formula is C24H29N5. The summed E-state index contributed by atoms with van der Waals surface area (Å²) in [5, 5.41) is 3.40. The summed E-state index contributed by atoms with van der Waals surface area (Å²) in [5.41, 5.74) is 5.87. The van der Waals surface area contributed by atoms with Gasteiger partial charge in [-0.3, -0.25) is 4.90 Å².